The van der Waals surface area contributed by atoms with E-state index in [-0.39, 0.29) is 5.69 Å². The van der Waals surface area contributed by atoms with Crippen LogP contribution in [0.15, 0.2) is 36.1 Å². The molecule has 0 aliphatic carbocycles. The molecule has 1 unspecified atom stereocenters. The van der Waals surface area contributed by atoms with Gasteiger partial charge >= 0.3 is 11.9 Å². The van der Waals surface area contributed by atoms with E-state index in [0.717, 1.165) is 12.0 Å². The summed E-state index contributed by atoms with van der Waals surface area (Å²) in [5.74, 6) is -4.52. The number of nitro benzene ring substituents is 1. The van der Waals surface area contributed by atoms with Crippen LogP contribution in [-0.4, -0.2) is 29.3 Å². The third-order valence-electron chi connectivity index (χ3n) is 4.36. The van der Waals surface area contributed by atoms with E-state index in [9.17, 15) is 19.7 Å². The van der Waals surface area contributed by atoms with Crippen molar-refractivity contribution >= 4 is 17.6 Å². The van der Waals surface area contributed by atoms with Gasteiger partial charge < -0.3 is 14.2 Å². The van der Waals surface area contributed by atoms with Crippen molar-refractivity contribution in [3.05, 3.63) is 51.8 Å². The zero-order chi connectivity index (χ0) is 18.9. The van der Waals surface area contributed by atoms with E-state index in [0.29, 0.717) is 18.6 Å². The van der Waals surface area contributed by atoms with Gasteiger partial charge in [0.05, 0.1) is 17.8 Å². The topological polar surface area (TPSA) is 105 Å². The quantitative estimate of drug-likeness (QED) is 0.351. The van der Waals surface area contributed by atoms with Crippen LogP contribution in [0.4, 0.5) is 5.69 Å². The number of rotatable bonds is 4. The number of cyclic esters (lactones) is 2. The molecule has 26 heavy (non-hydrogen) atoms. The van der Waals surface area contributed by atoms with Crippen LogP contribution in [0, 0.1) is 16.0 Å². The van der Waals surface area contributed by atoms with Crippen LogP contribution in [-0.2, 0) is 23.8 Å². The van der Waals surface area contributed by atoms with E-state index in [1.54, 1.807) is 18.4 Å². The average Bonchev–Trinajstić information content (AvgIpc) is 2.58. The molecule has 2 heterocycles. The molecule has 1 fully saturated rings. The van der Waals surface area contributed by atoms with Gasteiger partial charge in [-0.25, -0.2) is 0 Å². The van der Waals surface area contributed by atoms with Gasteiger partial charge in [-0.1, -0.05) is 12.1 Å². The Labute approximate surface area is 149 Å². The molecule has 0 saturated carbocycles. The van der Waals surface area contributed by atoms with Crippen molar-refractivity contribution in [1.82, 2.24) is 0 Å². The molecule has 0 bridgehead atoms. The molecule has 1 atom stereocenters. The molecule has 8 nitrogen and oxygen atoms in total. The molecule has 2 aliphatic heterocycles. The largest absolute Gasteiger partial charge is 0.501 e. The molecule has 8 heteroatoms. The maximum Gasteiger partial charge on any atom is 0.324 e. The van der Waals surface area contributed by atoms with Gasteiger partial charge in [-0.05, 0) is 24.0 Å². The normalized spacial score (nSPS) is 21.1. The van der Waals surface area contributed by atoms with Crippen molar-refractivity contribution < 1.29 is 28.7 Å². The summed E-state index contributed by atoms with van der Waals surface area (Å²) in [6.45, 7) is 3.54. The molecule has 138 valence electrons. The summed E-state index contributed by atoms with van der Waals surface area (Å²) in [4.78, 5) is 35.5. The first kappa shape index (κ1) is 17.9. The molecular weight excluding hydrogens is 342 g/mol. The molecule has 0 radical (unpaired) electrons. The zero-order valence-corrected chi connectivity index (χ0v) is 14.5. The Hall–Kier alpha value is -2.90. The smallest absolute Gasteiger partial charge is 0.324 e. The Kier molecular flexibility index (Phi) is 4.67. The summed E-state index contributed by atoms with van der Waals surface area (Å²) in [5.41, 5.74) is 1.27. The van der Waals surface area contributed by atoms with Crippen LogP contribution < -0.4 is 0 Å². The molecule has 0 amide bonds. The summed E-state index contributed by atoms with van der Waals surface area (Å²) < 4.78 is 15.9. The Morgan fingerprint density at radius 3 is 2.27 bits per heavy atom. The summed E-state index contributed by atoms with van der Waals surface area (Å²) >= 11 is 0. The number of nitro groups is 1. The van der Waals surface area contributed by atoms with Gasteiger partial charge in [0.1, 0.15) is 0 Å². The second-order valence-electron chi connectivity index (χ2n) is 6.71. The van der Waals surface area contributed by atoms with Crippen molar-refractivity contribution in [1.29, 1.82) is 0 Å². The maximum atomic E-state index is 12.6. The minimum absolute atomic E-state index is 0.0729. The molecule has 2 aliphatic rings. The van der Waals surface area contributed by atoms with E-state index in [4.69, 9.17) is 14.2 Å². The fourth-order valence-electron chi connectivity index (χ4n) is 3.24. The number of nitrogens with zero attached hydrogens (tertiary/aromatic N) is 1. The van der Waals surface area contributed by atoms with Crippen LogP contribution in [0.25, 0.3) is 0 Å². The lowest BCUT2D eigenvalue weighted by atomic mass is 9.78. The Morgan fingerprint density at radius 2 is 1.77 bits per heavy atom. The van der Waals surface area contributed by atoms with Gasteiger partial charge in [-0.2, -0.15) is 0 Å². The second kappa shape index (κ2) is 6.78. The van der Waals surface area contributed by atoms with Crippen LogP contribution in [0.1, 0.15) is 38.2 Å². The van der Waals surface area contributed by atoms with E-state index in [1.165, 1.54) is 26.0 Å². The number of hydrogen-bond acceptors (Lipinski definition) is 7. The van der Waals surface area contributed by atoms with E-state index >= 15 is 0 Å². The van der Waals surface area contributed by atoms with Crippen molar-refractivity contribution in [2.45, 2.75) is 38.4 Å². The lowest BCUT2D eigenvalue weighted by Crippen LogP contribution is -2.48. The van der Waals surface area contributed by atoms with Crippen LogP contribution in [0.5, 0.6) is 0 Å². The van der Waals surface area contributed by atoms with Gasteiger partial charge in [-0.3, -0.25) is 19.7 Å². The molecule has 1 aromatic rings. The highest BCUT2D eigenvalue weighted by atomic mass is 16.7. The average molecular weight is 361 g/mol. The highest BCUT2D eigenvalue weighted by Crippen LogP contribution is 2.40. The van der Waals surface area contributed by atoms with Gasteiger partial charge in [0.15, 0.2) is 5.92 Å². The van der Waals surface area contributed by atoms with Crippen LogP contribution in [0.3, 0.4) is 0 Å². The SMILES string of the molecule is CC1(C)OC(=O)C(C(C2=COCCC2)c2ccc([N+](=O)[O-])cc2)C(=O)O1. The summed E-state index contributed by atoms with van der Waals surface area (Å²) in [6, 6.07) is 5.77. The van der Waals surface area contributed by atoms with Crippen molar-refractivity contribution in [2.75, 3.05) is 6.61 Å². The number of carbonyl (C=O) groups excluding carboxylic acids is 2. The Balaban J connectivity index is 2.01. The standard InChI is InChI=1S/C18H19NO7/c1-18(2)25-16(20)15(17(21)26-18)14(12-4-3-9-24-10-12)11-5-7-13(8-6-11)19(22)23/h5-8,10,14-15H,3-4,9H2,1-2H3. The van der Waals surface area contributed by atoms with Crippen LogP contribution in [0.2, 0.25) is 0 Å². The highest BCUT2D eigenvalue weighted by molar-refractivity contribution is 5.98. The van der Waals surface area contributed by atoms with Gasteiger partial charge in [-0.15, -0.1) is 0 Å². The van der Waals surface area contributed by atoms with Crippen molar-refractivity contribution in [2.24, 2.45) is 5.92 Å². The second-order valence-corrected chi connectivity index (χ2v) is 6.71. The van der Waals surface area contributed by atoms with E-state index in [1.807, 2.05) is 0 Å². The Morgan fingerprint density at radius 1 is 1.15 bits per heavy atom. The van der Waals surface area contributed by atoms with E-state index < -0.39 is 34.5 Å². The molecule has 0 spiro atoms. The lowest BCUT2D eigenvalue weighted by molar-refractivity contribution is -0.384. The number of non-ortho nitro benzene ring substituents is 1. The predicted octanol–water partition coefficient (Wildman–Crippen LogP) is 2.83. The molecule has 1 aromatic carbocycles. The molecule has 0 N–H and O–H groups in total. The van der Waals surface area contributed by atoms with Crippen LogP contribution >= 0.6 is 0 Å². The van der Waals surface area contributed by atoms with Crippen molar-refractivity contribution in [3.63, 3.8) is 0 Å². The maximum absolute atomic E-state index is 12.6. The third kappa shape index (κ3) is 3.54. The Bertz CT molecular complexity index is 746. The first-order valence-corrected chi connectivity index (χ1v) is 8.29. The van der Waals surface area contributed by atoms with Gasteiger partial charge in [0, 0.05) is 31.9 Å². The number of allylic oxidation sites excluding steroid dienone is 1. The first-order chi connectivity index (χ1) is 12.3. The third-order valence-corrected chi connectivity index (χ3v) is 4.36. The first-order valence-electron chi connectivity index (χ1n) is 8.29. The minimum Gasteiger partial charge on any atom is -0.501 e. The number of benzene rings is 1. The van der Waals surface area contributed by atoms with Gasteiger partial charge in [0.2, 0.25) is 0 Å². The van der Waals surface area contributed by atoms with Crippen molar-refractivity contribution in [3.8, 4) is 0 Å². The number of hydrogen-bond donors (Lipinski definition) is 0. The molecular formula is C18H19NO7. The fourth-order valence-corrected chi connectivity index (χ4v) is 3.24. The number of ether oxygens (including phenoxy) is 3. The zero-order valence-electron chi connectivity index (χ0n) is 14.5. The monoisotopic (exact) mass is 361 g/mol. The summed E-state index contributed by atoms with van der Waals surface area (Å²) in [7, 11) is 0. The molecule has 3 rings (SSSR count). The highest BCUT2D eigenvalue weighted by Gasteiger charge is 2.48. The van der Waals surface area contributed by atoms with E-state index in [2.05, 4.69) is 0 Å². The lowest BCUT2D eigenvalue weighted by Gasteiger charge is -2.37. The molecule has 0 aromatic heterocycles. The molecule has 1 saturated heterocycles. The number of esters is 2. The van der Waals surface area contributed by atoms with Gasteiger partial charge in [0.25, 0.3) is 11.5 Å². The predicted molar refractivity (Wildman–Crippen MR) is 88.9 cm³/mol. The summed E-state index contributed by atoms with van der Waals surface area (Å²) in [6.07, 6.45) is 2.94. The minimum atomic E-state index is -1.32. The fraction of sp³-hybridized carbons (Fsp3) is 0.444. The summed E-state index contributed by atoms with van der Waals surface area (Å²) in [5, 5.41) is 10.9. The number of carbonyl (C=O) groups is 2.